The molecule has 1 aromatic carbocycles. The van der Waals surface area contributed by atoms with Crippen molar-refractivity contribution in [1.29, 1.82) is 0 Å². The number of hydrogen-bond acceptors (Lipinski definition) is 3. The van der Waals surface area contributed by atoms with Crippen LogP contribution in [0.4, 0.5) is 0 Å². The summed E-state index contributed by atoms with van der Waals surface area (Å²) in [6.45, 7) is 6.37. The molecule has 122 valence electrons. The van der Waals surface area contributed by atoms with E-state index in [1.54, 1.807) is 0 Å². The number of rotatable bonds is 4. The van der Waals surface area contributed by atoms with Crippen LogP contribution in [-0.4, -0.2) is 39.9 Å². The molecule has 4 rings (SSSR count). The van der Waals surface area contributed by atoms with Crippen LogP contribution in [0, 0.1) is 0 Å². The third kappa shape index (κ3) is 3.00. The van der Waals surface area contributed by atoms with Crippen molar-refractivity contribution >= 4 is 0 Å². The first kappa shape index (κ1) is 14.8. The number of para-hydroxylation sites is 1. The molecule has 2 aliphatic heterocycles. The highest BCUT2D eigenvalue weighted by atomic mass is 16.5. The summed E-state index contributed by atoms with van der Waals surface area (Å²) in [5.41, 5.74) is 2.74. The largest absolute Gasteiger partial charge is 0.486 e. The third-order valence-corrected chi connectivity index (χ3v) is 5.27. The molecule has 1 saturated heterocycles. The summed E-state index contributed by atoms with van der Waals surface area (Å²) in [7, 11) is 0. The molecule has 0 amide bonds. The van der Waals surface area contributed by atoms with Crippen LogP contribution < -0.4 is 4.74 Å². The standard InChI is InChI=1S/C19H25N3O/c1-2-22-14-16(13-20-22)8-11-21-12-10-19(15-21)9-7-17-5-3-4-6-18(17)23-19/h3-6,13-14H,2,7-12,15H2,1H3. The lowest BCUT2D eigenvalue weighted by atomic mass is 9.90. The van der Waals surface area contributed by atoms with Crippen molar-refractivity contribution in [2.45, 2.75) is 44.8 Å². The van der Waals surface area contributed by atoms with E-state index in [-0.39, 0.29) is 5.60 Å². The summed E-state index contributed by atoms with van der Waals surface area (Å²) in [6.07, 6.45) is 8.69. The van der Waals surface area contributed by atoms with E-state index in [9.17, 15) is 0 Å². The van der Waals surface area contributed by atoms with Crippen molar-refractivity contribution in [3.05, 3.63) is 47.8 Å². The van der Waals surface area contributed by atoms with Gasteiger partial charge in [-0.25, -0.2) is 0 Å². The van der Waals surface area contributed by atoms with Crippen molar-refractivity contribution in [2.75, 3.05) is 19.6 Å². The molecule has 1 fully saturated rings. The highest BCUT2D eigenvalue weighted by Crippen LogP contribution is 2.38. The Morgan fingerprint density at radius 3 is 3.04 bits per heavy atom. The Kier molecular flexibility index (Phi) is 3.85. The van der Waals surface area contributed by atoms with E-state index in [1.807, 2.05) is 10.9 Å². The number of hydrogen-bond donors (Lipinski definition) is 0. The molecule has 0 saturated carbocycles. The Morgan fingerprint density at radius 1 is 1.26 bits per heavy atom. The van der Waals surface area contributed by atoms with Crippen LogP contribution in [0.25, 0.3) is 0 Å². The molecule has 2 aliphatic rings. The number of ether oxygens (including phenoxy) is 1. The van der Waals surface area contributed by atoms with E-state index in [2.05, 4.69) is 47.4 Å². The maximum absolute atomic E-state index is 6.43. The molecule has 23 heavy (non-hydrogen) atoms. The first-order chi connectivity index (χ1) is 11.3. The molecule has 1 unspecified atom stereocenters. The van der Waals surface area contributed by atoms with Gasteiger partial charge in [-0.2, -0.15) is 5.10 Å². The van der Waals surface area contributed by atoms with E-state index in [1.165, 1.54) is 11.1 Å². The normalized spacial score (nSPS) is 23.9. The third-order valence-electron chi connectivity index (χ3n) is 5.27. The summed E-state index contributed by atoms with van der Waals surface area (Å²) in [5, 5.41) is 4.36. The number of fused-ring (bicyclic) bond motifs is 1. The Hall–Kier alpha value is -1.81. The minimum Gasteiger partial charge on any atom is -0.486 e. The SMILES string of the molecule is CCn1cc(CCN2CCC3(CCc4ccccc4O3)C2)cn1. The fourth-order valence-electron chi connectivity index (χ4n) is 3.86. The number of aromatic nitrogens is 2. The van der Waals surface area contributed by atoms with Crippen LogP contribution >= 0.6 is 0 Å². The highest BCUT2D eigenvalue weighted by Gasteiger charge is 2.42. The van der Waals surface area contributed by atoms with Gasteiger partial charge in [-0.15, -0.1) is 0 Å². The average molecular weight is 311 g/mol. The summed E-state index contributed by atoms with van der Waals surface area (Å²) in [4.78, 5) is 2.55. The van der Waals surface area contributed by atoms with Crippen LogP contribution in [0.1, 0.15) is 30.9 Å². The summed E-state index contributed by atoms with van der Waals surface area (Å²) >= 11 is 0. The molecular weight excluding hydrogens is 286 g/mol. The summed E-state index contributed by atoms with van der Waals surface area (Å²) in [6, 6.07) is 8.51. The molecule has 1 atom stereocenters. The Bertz CT molecular complexity index is 681. The predicted octanol–water partition coefficient (Wildman–Crippen LogP) is 2.92. The lowest BCUT2D eigenvalue weighted by Crippen LogP contribution is -2.42. The fourth-order valence-corrected chi connectivity index (χ4v) is 3.86. The first-order valence-electron chi connectivity index (χ1n) is 8.77. The summed E-state index contributed by atoms with van der Waals surface area (Å²) in [5.74, 6) is 1.10. The first-order valence-corrected chi connectivity index (χ1v) is 8.77. The van der Waals surface area contributed by atoms with Crippen molar-refractivity contribution in [1.82, 2.24) is 14.7 Å². The van der Waals surface area contributed by atoms with E-state index >= 15 is 0 Å². The van der Waals surface area contributed by atoms with Crippen LogP contribution in [0.3, 0.4) is 0 Å². The molecule has 0 N–H and O–H groups in total. The maximum Gasteiger partial charge on any atom is 0.123 e. The van der Waals surface area contributed by atoms with Gasteiger partial charge in [-0.05, 0) is 43.4 Å². The minimum absolute atomic E-state index is 0.0436. The van der Waals surface area contributed by atoms with Gasteiger partial charge in [-0.3, -0.25) is 9.58 Å². The molecule has 3 heterocycles. The zero-order chi connectivity index (χ0) is 15.7. The fraction of sp³-hybridized carbons (Fsp3) is 0.526. The second kappa shape index (κ2) is 6.00. The van der Waals surface area contributed by atoms with Gasteiger partial charge in [0.15, 0.2) is 0 Å². The number of benzene rings is 1. The van der Waals surface area contributed by atoms with Crippen LogP contribution in [0.5, 0.6) is 5.75 Å². The van der Waals surface area contributed by atoms with Crippen LogP contribution in [0.15, 0.2) is 36.7 Å². The van der Waals surface area contributed by atoms with Gasteiger partial charge in [0.05, 0.1) is 6.20 Å². The van der Waals surface area contributed by atoms with Gasteiger partial charge in [0, 0.05) is 38.8 Å². The van der Waals surface area contributed by atoms with Crippen LogP contribution in [-0.2, 0) is 19.4 Å². The zero-order valence-electron chi connectivity index (χ0n) is 13.9. The molecule has 2 aromatic rings. The van der Waals surface area contributed by atoms with E-state index in [0.29, 0.717) is 0 Å². The van der Waals surface area contributed by atoms with Gasteiger partial charge in [0.1, 0.15) is 11.4 Å². The Balaban J connectivity index is 1.36. The second-order valence-corrected chi connectivity index (χ2v) is 6.87. The molecule has 1 spiro atoms. The molecule has 4 nitrogen and oxygen atoms in total. The van der Waals surface area contributed by atoms with Crippen molar-refractivity contribution in [2.24, 2.45) is 0 Å². The second-order valence-electron chi connectivity index (χ2n) is 6.87. The molecule has 4 heteroatoms. The van der Waals surface area contributed by atoms with Crippen LogP contribution in [0.2, 0.25) is 0 Å². The molecule has 0 radical (unpaired) electrons. The monoisotopic (exact) mass is 311 g/mol. The molecular formula is C19H25N3O. The lowest BCUT2D eigenvalue weighted by molar-refractivity contribution is 0.0547. The lowest BCUT2D eigenvalue weighted by Gasteiger charge is -2.35. The van der Waals surface area contributed by atoms with E-state index < -0.39 is 0 Å². The van der Waals surface area contributed by atoms with E-state index in [4.69, 9.17) is 4.74 Å². The Morgan fingerprint density at radius 2 is 2.17 bits per heavy atom. The van der Waals surface area contributed by atoms with Crippen molar-refractivity contribution < 1.29 is 4.74 Å². The van der Waals surface area contributed by atoms with Gasteiger partial charge in [0.25, 0.3) is 0 Å². The quantitative estimate of drug-likeness (QED) is 0.870. The molecule has 1 aromatic heterocycles. The number of likely N-dealkylation sites (tertiary alicyclic amines) is 1. The average Bonchev–Trinajstić information content (AvgIpc) is 3.20. The minimum atomic E-state index is 0.0436. The smallest absolute Gasteiger partial charge is 0.123 e. The van der Waals surface area contributed by atoms with Crippen molar-refractivity contribution in [3.8, 4) is 5.75 Å². The number of aryl methyl sites for hydroxylation is 2. The van der Waals surface area contributed by atoms with Crippen molar-refractivity contribution in [3.63, 3.8) is 0 Å². The zero-order valence-corrected chi connectivity index (χ0v) is 13.9. The Labute approximate surface area is 138 Å². The van der Waals surface area contributed by atoms with Gasteiger partial charge >= 0.3 is 0 Å². The number of nitrogens with zero attached hydrogens (tertiary/aromatic N) is 3. The van der Waals surface area contributed by atoms with E-state index in [0.717, 1.165) is 57.6 Å². The topological polar surface area (TPSA) is 30.3 Å². The molecule has 0 bridgehead atoms. The maximum atomic E-state index is 6.43. The van der Waals surface area contributed by atoms with Gasteiger partial charge in [-0.1, -0.05) is 18.2 Å². The highest BCUT2D eigenvalue weighted by molar-refractivity contribution is 5.36. The van der Waals surface area contributed by atoms with Gasteiger partial charge < -0.3 is 4.74 Å². The predicted molar refractivity (Wildman–Crippen MR) is 90.8 cm³/mol. The summed E-state index contributed by atoms with van der Waals surface area (Å²) < 4.78 is 8.43. The van der Waals surface area contributed by atoms with Gasteiger partial charge in [0.2, 0.25) is 0 Å². The molecule has 0 aliphatic carbocycles.